The summed E-state index contributed by atoms with van der Waals surface area (Å²) in [6.07, 6.45) is 3.86. The summed E-state index contributed by atoms with van der Waals surface area (Å²) in [4.78, 5) is 2.72. The SMILES string of the molecule is CCCCN(C(C)CC)C(CNCC)C(C)C. The highest BCUT2D eigenvalue weighted by molar-refractivity contribution is 4.80. The lowest BCUT2D eigenvalue weighted by Crippen LogP contribution is -2.49. The van der Waals surface area contributed by atoms with Crippen molar-refractivity contribution in [2.24, 2.45) is 5.92 Å². The first kappa shape index (κ1) is 16.9. The van der Waals surface area contributed by atoms with Gasteiger partial charge in [0.25, 0.3) is 0 Å². The minimum atomic E-state index is 0.677. The lowest BCUT2D eigenvalue weighted by Gasteiger charge is -2.39. The first-order valence-electron chi connectivity index (χ1n) is 7.54. The lowest BCUT2D eigenvalue weighted by atomic mass is 9.99. The molecule has 2 unspecified atom stereocenters. The summed E-state index contributed by atoms with van der Waals surface area (Å²) < 4.78 is 0. The van der Waals surface area contributed by atoms with E-state index in [1.54, 1.807) is 0 Å². The molecule has 0 amide bonds. The largest absolute Gasteiger partial charge is 0.315 e. The molecule has 0 aliphatic heterocycles. The third kappa shape index (κ3) is 6.42. The molecule has 0 aliphatic rings. The molecule has 17 heavy (non-hydrogen) atoms. The molecule has 0 aromatic heterocycles. The van der Waals surface area contributed by atoms with Gasteiger partial charge >= 0.3 is 0 Å². The fraction of sp³-hybridized carbons (Fsp3) is 1.00. The summed E-state index contributed by atoms with van der Waals surface area (Å²) in [6, 6.07) is 1.38. The van der Waals surface area contributed by atoms with E-state index in [1.165, 1.54) is 25.8 Å². The normalized spacial score (nSPS) is 15.5. The Morgan fingerprint density at radius 2 is 1.71 bits per heavy atom. The van der Waals surface area contributed by atoms with Crippen LogP contribution in [0.25, 0.3) is 0 Å². The maximum Gasteiger partial charge on any atom is 0.0246 e. The molecule has 0 rings (SSSR count). The highest BCUT2D eigenvalue weighted by Crippen LogP contribution is 2.16. The topological polar surface area (TPSA) is 15.3 Å². The van der Waals surface area contributed by atoms with Crippen molar-refractivity contribution in [3.05, 3.63) is 0 Å². The second kappa shape index (κ2) is 9.90. The molecule has 2 nitrogen and oxygen atoms in total. The van der Waals surface area contributed by atoms with E-state index in [2.05, 4.69) is 51.8 Å². The molecule has 0 heterocycles. The van der Waals surface area contributed by atoms with Gasteiger partial charge in [-0.1, -0.05) is 41.0 Å². The molecule has 0 fully saturated rings. The second-order valence-corrected chi connectivity index (χ2v) is 5.47. The number of unbranched alkanes of at least 4 members (excludes halogenated alkanes) is 1. The number of hydrogen-bond donors (Lipinski definition) is 1. The van der Waals surface area contributed by atoms with Crippen LogP contribution in [0, 0.1) is 5.92 Å². The number of likely N-dealkylation sites (N-methyl/N-ethyl adjacent to an activating group) is 1. The maximum absolute atomic E-state index is 3.52. The Bertz CT molecular complexity index is 168. The van der Waals surface area contributed by atoms with E-state index < -0.39 is 0 Å². The number of hydrogen-bond acceptors (Lipinski definition) is 2. The molecule has 0 saturated heterocycles. The van der Waals surface area contributed by atoms with E-state index in [1.807, 2.05) is 0 Å². The van der Waals surface area contributed by atoms with Gasteiger partial charge in [0, 0.05) is 18.6 Å². The summed E-state index contributed by atoms with van der Waals surface area (Å²) in [6.45, 7) is 17.3. The molecule has 2 heteroatoms. The van der Waals surface area contributed by atoms with Crippen LogP contribution in [-0.4, -0.2) is 36.6 Å². The Labute approximate surface area is 109 Å². The number of rotatable bonds is 10. The molecule has 0 aromatic rings. The van der Waals surface area contributed by atoms with Crippen LogP contribution in [0.2, 0.25) is 0 Å². The van der Waals surface area contributed by atoms with Crippen LogP contribution in [-0.2, 0) is 0 Å². The first-order valence-corrected chi connectivity index (χ1v) is 7.54. The van der Waals surface area contributed by atoms with Gasteiger partial charge in [0.15, 0.2) is 0 Å². The third-order valence-electron chi connectivity index (χ3n) is 3.73. The first-order chi connectivity index (χ1) is 8.08. The minimum Gasteiger partial charge on any atom is -0.315 e. The van der Waals surface area contributed by atoms with Crippen molar-refractivity contribution >= 4 is 0 Å². The Morgan fingerprint density at radius 3 is 2.12 bits per heavy atom. The van der Waals surface area contributed by atoms with E-state index in [4.69, 9.17) is 0 Å². The summed E-state index contributed by atoms with van der Waals surface area (Å²) >= 11 is 0. The zero-order chi connectivity index (χ0) is 13.3. The minimum absolute atomic E-state index is 0.677. The van der Waals surface area contributed by atoms with Crippen LogP contribution in [0.5, 0.6) is 0 Å². The van der Waals surface area contributed by atoms with Gasteiger partial charge in [-0.25, -0.2) is 0 Å². The highest BCUT2D eigenvalue weighted by Gasteiger charge is 2.24. The predicted molar refractivity (Wildman–Crippen MR) is 78.5 cm³/mol. The van der Waals surface area contributed by atoms with E-state index in [0.717, 1.165) is 19.0 Å². The molecule has 0 radical (unpaired) electrons. The molecule has 0 bridgehead atoms. The Balaban J connectivity index is 4.54. The zero-order valence-corrected chi connectivity index (χ0v) is 12.9. The molecular formula is C15H34N2. The van der Waals surface area contributed by atoms with Crippen molar-refractivity contribution in [2.75, 3.05) is 19.6 Å². The highest BCUT2D eigenvalue weighted by atomic mass is 15.2. The van der Waals surface area contributed by atoms with Crippen LogP contribution in [0.15, 0.2) is 0 Å². The van der Waals surface area contributed by atoms with Crippen LogP contribution < -0.4 is 5.32 Å². The quantitative estimate of drug-likeness (QED) is 0.630. The van der Waals surface area contributed by atoms with E-state index in [0.29, 0.717) is 12.1 Å². The summed E-state index contributed by atoms with van der Waals surface area (Å²) in [5.41, 5.74) is 0. The molecule has 2 atom stereocenters. The van der Waals surface area contributed by atoms with Gasteiger partial charge in [0.2, 0.25) is 0 Å². The zero-order valence-electron chi connectivity index (χ0n) is 12.9. The van der Waals surface area contributed by atoms with Crippen LogP contribution in [0.3, 0.4) is 0 Å². The summed E-state index contributed by atoms with van der Waals surface area (Å²) in [5.74, 6) is 0.722. The molecule has 0 spiro atoms. The predicted octanol–water partition coefficient (Wildman–Crippen LogP) is 3.52. The number of nitrogens with one attached hydrogen (secondary N) is 1. The van der Waals surface area contributed by atoms with E-state index in [9.17, 15) is 0 Å². The lowest BCUT2D eigenvalue weighted by molar-refractivity contribution is 0.103. The van der Waals surface area contributed by atoms with Crippen molar-refractivity contribution in [3.63, 3.8) is 0 Å². The molecule has 1 N–H and O–H groups in total. The molecule has 0 aliphatic carbocycles. The molecule has 104 valence electrons. The van der Waals surface area contributed by atoms with Crippen molar-refractivity contribution in [1.29, 1.82) is 0 Å². The van der Waals surface area contributed by atoms with Gasteiger partial charge in [0.1, 0.15) is 0 Å². The molecular weight excluding hydrogens is 208 g/mol. The van der Waals surface area contributed by atoms with Gasteiger partial charge in [0.05, 0.1) is 0 Å². The standard InChI is InChI=1S/C15H34N2/c1-7-10-11-17(14(6)8-2)15(13(4)5)12-16-9-3/h13-16H,7-12H2,1-6H3. The van der Waals surface area contributed by atoms with Gasteiger partial charge in [-0.15, -0.1) is 0 Å². The van der Waals surface area contributed by atoms with Gasteiger partial charge in [-0.2, -0.15) is 0 Å². The van der Waals surface area contributed by atoms with Crippen LogP contribution in [0.1, 0.15) is 60.8 Å². The van der Waals surface area contributed by atoms with Crippen molar-refractivity contribution in [1.82, 2.24) is 10.2 Å². The van der Waals surface area contributed by atoms with E-state index >= 15 is 0 Å². The summed E-state index contributed by atoms with van der Waals surface area (Å²) in [5, 5.41) is 3.52. The average Bonchev–Trinajstić information content (AvgIpc) is 2.32. The maximum atomic E-state index is 3.52. The summed E-state index contributed by atoms with van der Waals surface area (Å²) in [7, 11) is 0. The van der Waals surface area contributed by atoms with Crippen molar-refractivity contribution in [3.8, 4) is 0 Å². The van der Waals surface area contributed by atoms with Crippen LogP contribution >= 0.6 is 0 Å². The molecule has 0 saturated carbocycles. The number of nitrogens with zero attached hydrogens (tertiary/aromatic N) is 1. The van der Waals surface area contributed by atoms with Gasteiger partial charge in [-0.05, 0) is 38.8 Å². The Kier molecular flexibility index (Phi) is 9.85. The second-order valence-electron chi connectivity index (χ2n) is 5.47. The van der Waals surface area contributed by atoms with Gasteiger partial charge < -0.3 is 5.32 Å². The Morgan fingerprint density at radius 1 is 1.06 bits per heavy atom. The fourth-order valence-electron chi connectivity index (χ4n) is 2.32. The van der Waals surface area contributed by atoms with Crippen LogP contribution in [0.4, 0.5) is 0 Å². The monoisotopic (exact) mass is 242 g/mol. The van der Waals surface area contributed by atoms with Gasteiger partial charge in [-0.3, -0.25) is 4.90 Å². The third-order valence-corrected chi connectivity index (χ3v) is 3.73. The fourth-order valence-corrected chi connectivity index (χ4v) is 2.32. The molecule has 0 aromatic carbocycles. The Hall–Kier alpha value is -0.0800. The van der Waals surface area contributed by atoms with E-state index in [-0.39, 0.29) is 0 Å². The smallest absolute Gasteiger partial charge is 0.0246 e. The average molecular weight is 242 g/mol. The van der Waals surface area contributed by atoms with Crippen molar-refractivity contribution < 1.29 is 0 Å². The van der Waals surface area contributed by atoms with Crippen molar-refractivity contribution in [2.45, 2.75) is 72.9 Å².